The van der Waals surface area contributed by atoms with Gasteiger partial charge in [-0.2, -0.15) is 0 Å². The molecule has 0 amide bonds. The van der Waals surface area contributed by atoms with Gasteiger partial charge in [0.05, 0.1) is 6.61 Å². The molecule has 0 saturated carbocycles. The molecular weight excluding hydrogens is 356 g/mol. The summed E-state index contributed by atoms with van der Waals surface area (Å²) in [6.07, 6.45) is 14.3. The average Bonchev–Trinajstić information content (AvgIpc) is 3.09. The first-order valence-corrected chi connectivity index (χ1v) is 11.7. The van der Waals surface area contributed by atoms with Crippen LogP contribution in [0.5, 0.6) is 0 Å². The van der Waals surface area contributed by atoms with Crippen LogP contribution >= 0.6 is 0 Å². The van der Waals surface area contributed by atoms with E-state index in [2.05, 4.69) is 31.2 Å². The Morgan fingerprint density at radius 2 is 1.14 bits per heavy atom. The van der Waals surface area contributed by atoms with Crippen LogP contribution in [0.25, 0.3) is 11.1 Å². The summed E-state index contributed by atoms with van der Waals surface area (Å²) < 4.78 is 5.68. The molecule has 0 fully saturated rings. The van der Waals surface area contributed by atoms with Gasteiger partial charge in [-0.05, 0) is 28.7 Å². The van der Waals surface area contributed by atoms with Crippen LogP contribution in [0.3, 0.4) is 0 Å². The maximum atomic E-state index is 12.8. The molecule has 1 aliphatic rings. The molecule has 0 atom stereocenters. The third-order valence-electron chi connectivity index (χ3n) is 6.06. The van der Waals surface area contributed by atoms with Gasteiger partial charge >= 0.3 is 5.97 Å². The molecule has 3 rings (SSSR count). The van der Waals surface area contributed by atoms with Crippen LogP contribution in [-0.2, 0) is 9.53 Å². The Morgan fingerprint density at radius 3 is 1.66 bits per heavy atom. The van der Waals surface area contributed by atoms with Crippen LogP contribution in [0, 0.1) is 0 Å². The fraction of sp³-hybridized carbons (Fsp3) is 0.519. The van der Waals surface area contributed by atoms with Crippen molar-refractivity contribution in [2.24, 2.45) is 0 Å². The number of carbonyl (C=O) groups is 1. The van der Waals surface area contributed by atoms with Crippen molar-refractivity contribution in [3.8, 4) is 11.1 Å². The summed E-state index contributed by atoms with van der Waals surface area (Å²) in [7, 11) is 0. The van der Waals surface area contributed by atoms with Crippen LogP contribution in [0.2, 0.25) is 0 Å². The van der Waals surface area contributed by atoms with Gasteiger partial charge in [-0.1, -0.05) is 120 Å². The quantitative estimate of drug-likeness (QED) is 0.258. The maximum absolute atomic E-state index is 12.8. The summed E-state index contributed by atoms with van der Waals surface area (Å²) in [5, 5.41) is 0. The molecule has 2 aromatic rings. The van der Waals surface area contributed by atoms with E-state index >= 15 is 0 Å². The van der Waals surface area contributed by atoms with Crippen LogP contribution in [0.4, 0.5) is 0 Å². The van der Waals surface area contributed by atoms with E-state index in [4.69, 9.17) is 4.74 Å². The van der Waals surface area contributed by atoms with Gasteiger partial charge in [0, 0.05) is 0 Å². The second-order valence-corrected chi connectivity index (χ2v) is 8.31. The molecule has 0 bridgehead atoms. The van der Waals surface area contributed by atoms with Crippen molar-refractivity contribution in [2.45, 2.75) is 83.5 Å². The maximum Gasteiger partial charge on any atom is 0.317 e. The van der Waals surface area contributed by atoms with Gasteiger partial charge in [-0.3, -0.25) is 4.79 Å². The highest BCUT2D eigenvalue weighted by atomic mass is 16.5. The van der Waals surface area contributed by atoms with E-state index in [1.807, 2.05) is 24.3 Å². The summed E-state index contributed by atoms with van der Waals surface area (Å²) in [5.74, 6) is -0.371. The van der Waals surface area contributed by atoms with Gasteiger partial charge in [0.25, 0.3) is 0 Å². The van der Waals surface area contributed by atoms with Crippen molar-refractivity contribution >= 4 is 5.97 Å². The first-order valence-electron chi connectivity index (χ1n) is 11.7. The number of hydrogen-bond acceptors (Lipinski definition) is 2. The number of ether oxygens (including phenoxy) is 1. The Kier molecular flexibility index (Phi) is 8.80. The first kappa shape index (κ1) is 21.6. The molecular formula is C27H36O2. The lowest BCUT2D eigenvalue weighted by Crippen LogP contribution is -2.16. The van der Waals surface area contributed by atoms with E-state index in [1.165, 1.54) is 68.9 Å². The SMILES string of the molecule is CCCCCCCCCCCCCOC(=O)C1c2ccccc2-c2ccccc21. The number of rotatable bonds is 13. The highest BCUT2D eigenvalue weighted by Gasteiger charge is 2.34. The Labute approximate surface area is 176 Å². The van der Waals surface area contributed by atoms with Gasteiger partial charge < -0.3 is 4.74 Å². The largest absolute Gasteiger partial charge is 0.465 e. The molecule has 0 heterocycles. The molecule has 2 heteroatoms. The Bertz CT molecular complexity index is 719. The number of benzene rings is 2. The minimum atomic E-state index is -0.268. The van der Waals surface area contributed by atoms with Gasteiger partial charge in [-0.25, -0.2) is 0 Å². The lowest BCUT2D eigenvalue weighted by molar-refractivity contribution is -0.144. The first-order chi connectivity index (χ1) is 14.3. The average molecular weight is 393 g/mol. The van der Waals surface area contributed by atoms with Crippen molar-refractivity contribution in [3.05, 3.63) is 59.7 Å². The zero-order valence-corrected chi connectivity index (χ0v) is 18.0. The van der Waals surface area contributed by atoms with Gasteiger partial charge in [0.15, 0.2) is 0 Å². The fourth-order valence-electron chi connectivity index (χ4n) is 4.43. The van der Waals surface area contributed by atoms with Crippen molar-refractivity contribution < 1.29 is 9.53 Å². The lowest BCUT2D eigenvalue weighted by Gasteiger charge is -2.13. The minimum Gasteiger partial charge on any atom is -0.465 e. The van der Waals surface area contributed by atoms with Gasteiger partial charge in [0.1, 0.15) is 5.92 Å². The third kappa shape index (κ3) is 5.95. The van der Waals surface area contributed by atoms with Crippen LogP contribution in [0.1, 0.15) is 94.6 Å². The smallest absolute Gasteiger partial charge is 0.317 e. The number of carbonyl (C=O) groups excluding carboxylic acids is 1. The molecule has 156 valence electrons. The molecule has 2 nitrogen and oxygen atoms in total. The fourth-order valence-corrected chi connectivity index (χ4v) is 4.43. The van der Waals surface area contributed by atoms with Crippen molar-refractivity contribution in [1.82, 2.24) is 0 Å². The monoisotopic (exact) mass is 392 g/mol. The van der Waals surface area contributed by atoms with Gasteiger partial charge in [0.2, 0.25) is 0 Å². The summed E-state index contributed by atoms with van der Waals surface area (Å²) in [5.41, 5.74) is 4.50. The lowest BCUT2D eigenvalue weighted by atomic mass is 9.97. The van der Waals surface area contributed by atoms with Crippen LogP contribution in [-0.4, -0.2) is 12.6 Å². The third-order valence-corrected chi connectivity index (χ3v) is 6.06. The second-order valence-electron chi connectivity index (χ2n) is 8.31. The molecule has 0 unspecified atom stereocenters. The molecule has 1 aliphatic carbocycles. The molecule has 0 saturated heterocycles. The highest BCUT2D eigenvalue weighted by molar-refractivity contribution is 5.93. The molecule has 29 heavy (non-hydrogen) atoms. The van der Waals surface area contributed by atoms with E-state index in [9.17, 15) is 4.79 Å². The Balaban J connectivity index is 1.34. The van der Waals surface area contributed by atoms with Gasteiger partial charge in [-0.15, -0.1) is 0 Å². The highest BCUT2D eigenvalue weighted by Crippen LogP contribution is 2.44. The minimum absolute atomic E-state index is 0.102. The standard InChI is InChI=1S/C27H36O2/c1-2-3-4-5-6-7-8-9-10-11-16-21-29-27(28)26-24-19-14-12-17-22(24)23-18-13-15-20-25(23)26/h12-15,17-20,26H,2-11,16,21H2,1H3. The topological polar surface area (TPSA) is 26.3 Å². The molecule has 0 aromatic heterocycles. The molecule has 0 aliphatic heterocycles. The Morgan fingerprint density at radius 1 is 0.690 bits per heavy atom. The van der Waals surface area contributed by atoms with Crippen LogP contribution in [0.15, 0.2) is 48.5 Å². The molecule has 0 N–H and O–H groups in total. The predicted molar refractivity (Wildman–Crippen MR) is 121 cm³/mol. The summed E-state index contributed by atoms with van der Waals surface area (Å²) in [6, 6.07) is 16.4. The van der Waals surface area contributed by atoms with Crippen molar-refractivity contribution in [1.29, 1.82) is 0 Å². The van der Waals surface area contributed by atoms with Crippen molar-refractivity contribution in [2.75, 3.05) is 6.61 Å². The predicted octanol–water partition coefficient (Wildman–Crippen LogP) is 7.65. The number of hydrogen-bond donors (Lipinski definition) is 0. The van der Waals surface area contributed by atoms with E-state index in [-0.39, 0.29) is 11.9 Å². The summed E-state index contributed by atoms with van der Waals surface area (Å²) in [4.78, 5) is 12.8. The normalized spacial score (nSPS) is 12.6. The summed E-state index contributed by atoms with van der Waals surface area (Å²) >= 11 is 0. The van der Waals surface area contributed by atoms with Crippen LogP contribution < -0.4 is 0 Å². The molecule has 0 radical (unpaired) electrons. The van der Waals surface area contributed by atoms with E-state index in [0.717, 1.165) is 24.0 Å². The zero-order chi connectivity index (χ0) is 20.3. The van der Waals surface area contributed by atoms with E-state index in [1.54, 1.807) is 0 Å². The number of fused-ring (bicyclic) bond motifs is 3. The second kappa shape index (κ2) is 11.8. The summed E-state index contributed by atoms with van der Waals surface area (Å²) in [6.45, 7) is 2.81. The molecule has 0 spiro atoms. The molecule has 2 aromatic carbocycles. The zero-order valence-electron chi connectivity index (χ0n) is 18.0. The Hall–Kier alpha value is -2.09. The number of esters is 1. The van der Waals surface area contributed by atoms with Crippen molar-refractivity contribution in [3.63, 3.8) is 0 Å². The van der Waals surface area contributed by atoms with E-state index < -0.39 is 0 Å². The van der Waals surface area contributed by atoms with E-state index in [0.29, 0.717) is 6.61 Å². The number of unbranched alkanes of at least 4 members (excludes halogenated alkanes) is 10.